The second-order valence-corrected chi connectivity index (χ2v) is 5.64. The van der Waals surface area contributed by atoms with Crippen molar-refractivity contribution in [3.8, 4) is 0 Å². The number of hydrogen-bond acceptors (Lipinski definition) is 2. The van der Waals surface area contributed by atoms with Crippen molar-refractivity contribution in [3.63, 3.8) is 0 Å². The maximum atomic E-state index is 5.97. The Labute approximate surface area is 105 Å². The SMILES string of the molecule is CC1Cc2ccccc2N(C(CN)C(C)C)C1. The number of hydrogen-bond donors (Lipinski definition) is 1. The van der Waals surface area contributed by atoms with Crippen LogP contribution in [0.25, 0.3) is 0 Å². The van der Waals surface area contributed by atoms with Gasteiger partial charge in [0.2, 0.25) is 0 Å². The number of rotatable bonds is 3. The standard InChI is InChI=1S/C15H24N2/c1-11(2)15(9-16)17-10-12(3)8-13-6-4-5-7-14(13)17/h4-7,11-12,15H,8-10,16H2,1-3H3. The third kappa shape index (κ3) is 2.47. The summed E-state index contributed by atoms with van der Waals surface area (Å²) in [6.45, 7) is 8.73. The van der Waals surface area contributed by atoms with Gasteiger partial charge in [-0.25, -0.2) is 0 Å². The molecule has 2 heteroatoms. The summed E-state index contributed by atoms with van der Waals surface area (Å²) in [7, 11) is 0. The zero-order valence-electron chi connectivity index (χ0n) is 11.2. The fraction of sp³-hybridized carbons (Fsp3) is 0.600. The van der Waals surface area contributed by atoms with Gasteiger partial charge < -0.3 is 10.6 Å². The molecule has 0 spiro atoms. The molecule has 2 rings (SSSR count). The summed E-state index contributed by atoms with van der Waals surface area (Å²) < 4.78 is 0. The summed E-state index contributed by atoms with van der Waals surface area (Å²) >= 11 is 0. The van der Waals surface area contributed by atoms with Gasteiger partial charge in [0.1, 0.15) is 0 Å². The van der Waals surface area contributed by atoms with E-state index in [2.05, 4.69) is 49.9 Å². The molecule has 2 nitrogen and oxygen atoms in total. The van der Waals surface area contributed by atoms with E-state index in [1.54, 1.807) is 0 Å². The minimum atomic E-state index is 0.457. The molecule has 0 saturated heterocycles. The number of nitrogens with two attached hydrogens (primary N) is 1. The first-order valence-electron chi connectivity index (χ1n) is 6.68. The maximum absolute atomic E-state index is 5.97. The molecule has 94 valence electrons. The second-order valence-electron chi connectivity index (χ2n) is 5.64. The van der Waals surface area contributed by atoms with Gasteiger partial charge in [-0.05, 0) is 29.9 Å². The molecule has 0 amide bonds. The van der Waals surface area contributed by atoms with Crippen molar-refractivity contribution in [1.29, 1.82) is 0 Å². The molecule has 0 saturated carbocycles. The minimum absolute atomic E-state index is 0.457. The van der Waals surface area contributed by atoms with Gasteiger partial charge in [-0.3, -0.25) is 0 Å². The molecule has 0 fully saturated rings. The molecule has 17 heavy (non-hydrogen) atoms. The summed E-state index contributed by atoms with van der Waals surface area (Å²) in [5.74, 6) is 1.32. The van der Waals surface area contributed by atoms with Crippen molar-refractivity contribution < 1.29 is 0 Å². The van der Waals surface area contributed by atoms with Gasteiger partial charge in [0.15, 0.2) is 0 Å². The summed E-state index contributed by atoms with van der Waals surface area (Å²) in [5.41, 5.74) is 8.84. The molecule has 0 aliphatic carbocycles. The van der Waals surface area contributed by atoms with E-state index in [0.717, 1.165) is 19.0 Å². The number of nitrogens with zero attached hydrogens (tertiary/aromatic N) is 1. The molecule has 2 atom stereocenters. The molecule has 2 N–H and O–H groups in total. The van der Waals surface area contributed by atoms with Crippen LogP contribution in [0.2, 0.25) is 0 Å². The number of para-hydroxylation sites is 1. The number of fused-ring (bicyclic) bond motifs is 1. The van der Waals surface area contributed by atoms with E-state index in [4.69, 9.17) is 5.73 Å². The first-order chi connectivity index (χ1) is 8.13. The van der Waals surface area contributed by atoms with Crippen LogP contribution in [-0.4, -0.2) is 19.1 Å². The third-order valence-electron chi connectivity index (χ3n) is 3.79. The molecule has 1 aliphatic rings. The van der Waals surface area contributed by atoms with Gasteiger partial charge in [0.25, 0.3) is 0 Å². The predicted octanol–water partition coefficient (Wildman–Crippen LogP) is 2.67. The van der Waals surface area contributed by atoms with Gasteiger partial charge >= 0.3 is 0 Å². The van der Waals surface area contributed by atoms with Crippen molar-refractivity contribution in [3.05, 3.63) is 29.8 Å². The Balaban J connectivity index is 2.34. The van der Waals surface area contributed by atoms with Crippen molar-refractivity contribution in [1.82, 2.24) is 0 Å². The maximum Gasteiger partial charge on any atom is 0.0435 e. The molecular weight excluding hydrogens is 208 g/mol. The van der Waals surface area contributed by atoms with E-state index in [0.29, 0.717) is 12.0 Å². The summed E-state index contributed by atoms with van der Waals surface area (Å²) in [4.78, 5) is 2.52. The minimum Gasteiger partial charge on any atom is -0.367 e. The fourth-order valence-electron chi connectivity index (χ4n) is 2.91. The fourth-order valence-corrected chi connectivity index (χ4v) is 2.91. The lowest BCUT2D eigenvalue weighted by Gasteiger charge is -2.41. The number of anilines is 1. The van der Waals surface area contributed by atoms with Crippen LogP contribution in [0, 0.1) is 11.8 Å². The Bertz CT molecular complexity index is 373. The average Bonchev–Trinajstić information content (AvgIpc) is 2.29. The molecule has 1 aromatic carbocycles. The molecule has 0 bridgehead atoms. The van der Waals surface area contributed by atoms with Crippen LogP contribution in [0.15, 0.2) is 24.3 Å². The first kappa shape index (κ1) is 12.4. The van der Waals surface area contributed by atoms with E-state index in [9.17, 15) is 0 Å². The molecule has 0 aromatic heterocycles. The zero-order chi connectivity index (χ0) is 12.4. The van der Waals surface area contributed by atoms with Crippen molar-refractivity contribution in [2.24, 2.45) is 17.6 Å². The lowest BCUT2D eigenvalue weighted by Crippen LogP contribution is -2.48. The Morgan fingerprint density at radius 2 is 2.06 bits per heavy atom. The van der Waals surface area contributed by atoms with Crippen LogP contribution in [0.5, 0.6) is 0 Å². The highest BCUT2D eigenvalue weighted by Gasteiger charge is 2.27. The van der Waals surface area contributed by atoms with Gasteiger partial charge in [-0.15, -0.1) is 0 Å². The molecule has 1 aromatic rings. The van der Waals surface area contributed by atoms with Crippen LogP contribution in [-0.2, 0) is 6.42 Å². The van der Waals surface area contributed by atoms with Gasteiger partial charge in [0.05, 0.1) is 0 Å². The summed E-state index contributed by atoms with van der Waals surface area (Å²) in [5, 5.41) is 0. The molecule has 2 unspecified atom stereocenters. The first-order valence-corrected chi connectivity index (χ1v) is 6.68. The smallest absolute Gasteiger partial charge is 0.0435 e. The van der Waals surface area contributed by atoms with Crippen LogP contribution >= 0.6 is 0 Å². The highest BCUT2D eigenvalue weighted by molar-refractivity contribution is 5.56. The quantitative estimate of drug-likeness (QED) is 0.868. The molecule has 1 heterocycles. The highest BCUT2D eigenvalue weighted by Crippen LogP contribution is 2.32. The molecular formula is C15H24N2. The summed E-state index contributed by atoms with van der Waals surface area (Å²) in [6, 6.07) is 9.23. The lowest BCUT2D eigenvalue weighted by molar-refractivity contribution is 0.414. The van der Waals surface area contributed by atoms with Gasteiger partial charge in [-0.2, -0.15) is 0 Å². The number of benzene rings is 1. The molecule has 1 aliphatic heterocycles. The average molecular weight is 232 g/mol. The summed E-state index contributed by atoms with van der Waals surface area (Å²) in [6.07, 6.45) is 1.20. The van der Waals surface area contributed by atoms with Crippen LogP contribution in [0.1, 0.15) is 26.3 Å². The second kappa shape index (κ2) is 5.09. The van der Waals surface area contributed by atoms with E-state index >= 15 is 0 Å². The van der Waals surface area contributed by atoms with E-state index < -0.39 is 0 Å². The predicted molar refractivity (Wildman–Crippen MR) is 74.3 cm³/mol. The van der Waals surface area contributed by atoms with Gasteiger partial charge in [-0.1, -0.05) is 39.0 Å². The Morgan fingerprint density at radius 3 is 2.71 bits per heavy atom. The lowest BCUT2D eigenvalue weighted by atomic mass is 9.90. The monoisotopic (exact) mass is 232 g/mol. The highest BCUT2D eigenvalue weighted by atomic mass is 15.2. The van der Waals surface area contributed by atoms with E-state index in [1.165, 1.54) is 17.7 Å². The van der Waals surface area contributed by atoms with Crippen LogP contribution in [0.3, 0.4) is 0 Å². The normalized spacial score (nSPS) is 21.5. The van der Waals surface area contributed by atoms with Crippen molar-refractivity contribution in [2.75, 3.05) is 18.0 Å². The Morgan fingerprint density at radius 1 is 1.35 bits per heavy atom. The Kier molecular flexibility index (Phi) is 3.72. The topological polar surface area (TPSA) is 29.3 Å². The van der Waals surface area contributed by atoms with E-state index in [-0.39, 0.29) is 0 Å². The van der Waals surface area contributed by atoms with Gasteiger partial charge in [0, 0.05) is 24.8 Å². The van der Waals surface area contributed by atoms with E-state index in [1.807, 2.05) is 0 Å². The third-order valence-corrected chi connectivity index (χ3v) is 3.79. The van der Waals surface area contributed by atoms with Crippen LogP contribution < -0.4 is 10.6 Å². The van der Waals surface area contributed by atoms with Crippen LogP contribution in [0.4, 0.5) is 5.69 Å². The largest absolute Gasteiger partial charge is 0.367 e. The Hall–Kier alpha value is -1.02. The molecule has 0 radical (unpaired) electrons. The zero-order valence-corrected chi connectivity index (χ0v) is 11.2. The van der Waals surface area contributed by atoms with Crippen molar-refractivity contribution in [2.45, 2.75) is 33.2 Å². The van der Waals surface area contributed by atoms with Crippen molar-refractivity contribution >= 4 is 5.69 Å².